The van der Waals surface area contributed by atoms with Crippen molar-refractivity contribution in [1.29, 1.82) is 0 Å². The second-order valence-electron chi connectivity index (χ2n) is 8.49. The zero-order valence-electron chi connectivity index (χ0n) is 19.1. The molecule has 0 unspecified atom stereocenters. The number of benzene rings is 1. The van der Waals surface area contributed by atoms with Gasteiger partial charge in [0.1, 0.15) is 17.6 Å². The van der Waals surface area contributed by atoms with Crippen molar-refractivity contribution in [2.24, 2.45) is 5.92 Å². The summed E-state index contributed by atoms with van der Waals surface area (Å²) in [6, 6.07) is 6.07. The van der Waals surface area contributed by atoms with Crippen LogP contribution in [-0.2, 0) is 36.8 Å². The smallest absolute Gasteiger partial charge is 0.332 e. The van der Waals surface area contributed by atoms with E-state index in [4.69, 9.17) is 4.74 Å². The minimum Gasteiger partial charge on any atom is -0.467 e. The first-order chi connectivity index (χ1) is 15.3. The van der Waals surface area contributed by atoms with Crippen LogP contribution in [0.15, 0.2) is 24.3 Å². The summed E-state index contributed by atoms with van der Waals surface area (Å²) in [5.74, 6) is -0.584. The first-order valence-corrected chi connectivity index (χ1v) is 12.1. The number of amides is 3. The Kier molecular flexibility index (Phi) is 9.56. The molecule has 176 valence electrons. The van der Waals surface area contributed by atoms with Crippen LogP contribution in [-0.4, -0.2) is 60.9 Å². The number of hydrogen-bond acceptors (Lipinski definition) is 6. The number of fused-ring (bicyclic) bond motifs is 1. The summed E-state index contributed by atoms with van der Waals surface area (Å²) in [5, 5.41) is 8.19. The van der Waals surface area contributed by atoms with Crippen LogP contribution in [0.3, 0.4) is 0 Å². The van der Waals surface area contributed by atoms with Crippen molar-refractivity contribution in [1.82, 2.24) is 16.0 Å². The number of nitrogens with one attached hydrogen (secondary N) is 3. The Bertz CT molecular complexity index is 805. The largest absolute Gasteiger partial charge is 0.467 e. The highest BCUT2D eigenvalue weighted by Gasteiger charge is 2.47. The van der Waals surface area contributed by atoms with E-state index in [0.29, 0.717) is 37.8 Å². The molecule has 0 heterocycles. The Morgan fingerprint density at radius 3 is 2.25 bits per heavy atom. The number of thioether (sulfide) groups is 1. The van der Waals surface area contributed by atoms with Crippen LogP contribution in [0.4, 0.5) is 0 Å². The summed E-state index contributed by atoms with van der Waals surface area (Å²) < 4.78 is 5.03. The van der Waals surface area contributed by atoms with Gasteiger partial charge in [0, 0.05) is 12.8 Å². The SMILES string of the molecule is COC(=O)C1(NC(=O)[C@H](CC(C)C)NC(=O)[C@H](CCSC)NC=O)Cc2ccccc2C1. The number of carbonyl (C=O) groups is 4. The normalized spacial score (nSPS) is 15.9. The molecule has 0 spiro atoms. The molecule has 3 N–H and O–H groups in total. The number of hydrogen-bond donors (Lipinski definition) is 3. The summed E-state index contributed by atoms with van der Waals surface area (Å²) in [5.41, 5.74) is 0.749. The van der Waals surface area contributed by atoms with E-state index in [1.165, 1.54) is 7.11 Å². The molecule has 2 atom stereocenters. The number of esters is 1. The fourth-order valence-corrected chi connectivity index (χ4v) is 4.47. The highest BCUT2D eigenvalue weighted by molar-refractivity contribution is 7.98. The third-order valence-electron chi connectivity index (χ3n) is 5.58. The lowest BCUT2D eigenvalue weighted by molar-refractivity contribution is -0.151. The minimum atomic E-state index is -1.21. The maximum absolute atomic E-state index is 13.3. The fraction of sp³-hybridized carbons (Fsp3) is 0.565. The molecule has 0 fully saturated rings. The summed E-state index contributed by atoms with van der Waals surface area (Å²) in [6.45, 7) is 3.89. The van der Waals surface area contributed by atoms with E-state index in [0.717, 1.165) is 11.1 Å². The molecular weight excluding hydrogens is 430 g/mol. The van der Waals surface area contributed by atoms with Crippen molar-refractivity contribution in [2.45, 2.75) is 57.2 Å². The number of ether oxygens (including phenoxy) is 1. The predicted molar refractivity (Wildman–Crippen MR) is 124 cm³/mol. The highest BCUT2D eigenvalue weighted by Crippen LogP contribution is 2.31. The van der Waals surface area contributed by atoms with Crippen molar-refractivity contribution in [3.05, 3.63) is 35.4 Å². The summed E-state index contributed by atoms with van der Waals surface area (Å²) in [6.07, 6.45) is 3.89. The van der Waals surface area contributed by atoms with Gasteiger partial charge in [-0.3, -0.25) is 14.4 Å². The molecule has 0 bridgehead atoms. The van der Waals surface area contributed by atoms with Gasteiger partial charge in [-0.15, -0.1) is 0 Å². The lowest BCUT2D eigenvalue weighted by Crippen LogP contribution is -2.61. The quantitative estimate of drug-likeness (QED) is 0.317. The molecule has 3 amide bonds. The van der Waals surface area contributed by atoms with Crippen molar-refractivity contribution in [3.8, 4) is 0 Å². The van der Waals surface area contributed by atoms with Crippen LogP contribution in [0.2, 0.25) is 0 Å². The van der Waals surface area contributed by atoms with E-state index in [9.17, 15) is 19.2 Å². The molecule has 0 saturated carbocycles. The van der Waals surface area contributed by atoms with Crippen molar-refractivity contribution in [3.63, 3.8) is 0 Å². The van der Waals surface area contributed by atoms with Gasteiger partial charge in [0.15, 0.2) is 0 Å². The number of methoxy groups -OCH3 is 1. The Labute approximate surface area is 193 Å². The monoisotopic (exact) mass is 463 g/mol. The van der Waals surface area contributed by atoms with Crippen LogP contribution in [0.25, 0.3) is 0 Å². The topological polar surface area (TPSA) is 114 Å². The molecule has 9 heteroatoms. The van der Waals surface area contributed by atoms with Gasteiger partial charge in [-0.1, -0.05) is 38.1 Å². The molecule has 32 heavy (non-hydrogen) atoms. The van der Waals surface area contributed by atoms with Gasteiger partial charge in [-0.2, -0.15) is 11.8 Å². The van der Waals surface area contributed by atoms with Gasteiger partial charge >= 0.3 is 5.97 Å². The molecule has 0 aliphatic heterocycles. The average molecular weight is 464 g/mol. The number of rotatable bonds is 12. The van der Waals surface area contributed by atoms with Gasteiger partial charge in [0.05, 0.1) is 7.11 Å². The zero-order chi connectivity index (χ0) is 23.7. The Morgan fingerprint density at radius 1 is 1.12 bits per heavy atom. The van der Waals surface area contributed by atoms with Crippen LogP contribution in [0.5, 0.6) is 0 Å². The molecule has 0 radical (unpaired) electrons. The Morgan fingerprint density at radius 2 is 1.75 bits per heavy atom. The third-order valence-corrected chi connectivity index (χ3v) is 6.22. The molecule has 0 saturated heterocycles. The van der Waals surface area contributed by atoms with Gasteiger partial charge < -0.3 is 20.7 Å². The fourth-order valence-electron chi connectivity index (χ4n) is 4.00. The van der Waals surface area contributed by atoms with E-state index in [1.807, 2.05) is 44.4 Å². The van der Waals surface area contributed by atoms with E-state index in [1.54, 1.807) is 11.8 Å². The second kappa shape index (κ2) is 11.9. The second-order valence-corrected chi connectivity index (χ2v) is 9.48. The first-order valence-electron chi connectivity index (χ1n) is 10.7. The standard InChI is InChI=1S/C23H33N3O5S/c1-15(2)11-19(25-20(28)18(24-14-27)9-10-32-4)21(29)26-23(22(30)31-3)12-16-7-5-6-8-17(16)13-23/h5-8,14-15,18-19H,9-13H2,1-4H3,(H,24,27)(H,25,28)(H,26,29)/t18-,19-/m0/s1. The summed E-state index contributed by atoms with van der Waals surface area (Å²) in [7, 11) is 1.30. The van der Waals surface area contributed by atoms with E-state index in [-0.39, 0.29) is 5.92 Å². The number of carbonyl (C=O) groups excluding carboxylic acids is 4. The van der Waals surface area contributed by atoms with Crippen molar-refractivity contribution in [2.75, 3.05) is 19.1 Å². The maximum Gasteiger partial charge on any atom is 0.332 e. The maximum atomic E-state index is 13.3. The highest BCUT2D eigenvalue weighted by atomic mass is 32.2. The Balaban J connectivity index is 2.21. The summed E-state index contributed by atoms with van der Waals surface area (Å²) >= 11 is 1.56. The van der Waals surface area contributed by atoms with Gasteiger partial charge in [0.2, 0.25) is 18.2 Å². The lowest BCUT2D eigenvalue weighted by atomic mass is 9.94. The molecule has 1 aromatic carbocycles. The van der Waals surface area contributed by atoms with E-state index < -0.39 is 35.4 Å². The van der Waals surface area contributed by atoms with E-state index in [2.05, 4.69) is 16.0 Å². The van der Waals surface area contributed by atoms with Crippen LogP contribution in [0.1, 0.15) is 37.8 Å². The molecule has 1 aliphatic carbocycles. The third kappa shape index (κ3) is 6.48. The minimum absolute atomic E-state index is 0.115. The van der Waals surface area contributed by atoms with Crippen LogP contribution in [0, 0.1) is 5.92 Å². The molecule has 2 rings (SSSR count). The van der Waals surface area contributed by atoms with Crippen LogP contribution < -0.4 is 16.0 Å². The van der Waals surface area contributed by atoms with Crippen molar-refractivity contribution >= 4 is 36.0 Å². The van der Waals surface area contributed by atoms with Gasteiger partial charge in [-0.25, -0.2) is 4.79 Å². The Hall–Kier alpha value is -2.55. The zero-order valence-corrected chi connectivity index (χ0v) is 19.9. The summed E-state index contributed by atoms with van der Waals surface area (Å²) in [4.78, 5) is 49.8. The van der Waals surface area contributed by atoms with Gasteiger partial charge in [0.25, 0.3) is 0 Å². The first kappa shape index (κ1) is 25.7. The molecule has 0 aromatic heterocycles. The molecule has 1 aromatic rings. The predicted octanol–water partition coefficient (Wildman–Crippen LogP) is 1.21. The molecular formula is C23H33N3O5S. The molecule has 8 nitrogen and oxygen atoms in total. The lowest BCUT2D eigenvalue weighted by Gasteiger charge is -2.31. The average Bonchev–Trinajstić information content (AvgIpc) is 3.14. The van der Waals surface area contributed by atoms with Gasteiger partial charge in [-0.05, 0) is 41.9 Å². The molecule has 1 aliphatic rings. The van der Waals surface area contributed by atoms with E-state index >= 15 is 0 Å². The van der Waals surface area contributed by atoms with Crippen molar-refractivity contribution < 1.29 is 23.9 Å². The van der Waals surface area contributed by atoms with Crippen LogP contribution >= 0.6 is 11.8 Å².